The van der Waals surface area contributed by atoms with E-state index in [1.54, 1.807) is 0 Å². The highest BCUT2D eigenvalue weighted by atomic mass is 15.1. The van der Waals surface area contributed by atoms with Crippen LogP contribution in [0.4, 0.5) is 34.1 Å². The van der Waals surface area contributed by atoms with Crippen molar-refractivity contribution in [2.45, 2.75) is 5.41 Å². The van der Waals surface area contributed by atoms with Gasteiger partial charge >= 0.3 is 0 Å². The second-order valence-electron chi connectivity index (χ2n) is 16.4. The Kier molecular flexibility index (Phi) is 8.76. The first kappa shape index (κ1) is 36.6. The molecule has 10 aromatic rings. The number of anilines is 6. The third kappa shape index (κ3) is 5.87. The number of fused-ring (bicyclic) bond motifs is 12. The first-order valence-electron chi connectivity index (χ1n) is 21.8. The zero-order valence-electron chi connectivity index (χ0n) is 34.6. The zero-order chi connectivity index (χ0) is 41.7. The van der Waals surface area contributed by atoms with Crippen molar-refractivity contribution in [2.75, 3.05) is 9.80 Å². The first-order chi connectivity index (χ1) is 31.3. The summed E-state index contributed by atoms with van der Waals surface area (Å²) < 4.78 is 0. The lowest BCUT2D eigenvalue weighted by atomic mass is 9.65. The molecule has 12 rings (SSSR count). The van der Waals surface area contributed by atoms with Crippen molar-refractivity contribution in [3.63, 3.8) is 0 Å². The molecule has 2 heteroatoms. The van der Waals surface area contributed by atoms with E-state index in [0.717, 1.165) is 34.1 Å². The van der Waals surface area contributed by atoms with Gasteiger partial charge in [0, 0.05) is 34.1 Å². The second-order valence-corrected chi connectivity index (χ2v) is 16.4. The molecule has 0 amide bonds. The van der Waals surface area contributed by atoms with Gasteiger partial charge in [0.05, 0.1) is 5.41 Å². The molecule has 0 aromatic heterocycles. The molecule has 0 aliphatic heterocycles. The lowest BCUT2D eigenvalue weighted by Crippen LogP contribution is -2.30. The number of para-hydroxylation sites is 4. The summed E-state index contributed by atoms with van der Waals surface area (Å²) in [6, 6.07) is 93.7. The molecule has 0 radical (unpaired) electrons. The van der Waals surface area contributed by atoms with Crippen LogP contribution in [-0.4, -0.2) is 0 Å². The highest BCUT2D eigenvalue weighted by molar-refractivity contribution is 5.99. The SMILES string of the molecule is c1ccc(-c2ccc3c(c2)C2(c4cc(N(c5ccccc5)c5ccccc5)ccc4-c4ccccc4-c4ccc(N(c5ccccc5)c5ccccc5)cc42)c2ccccc2-3)cc1. The lowest BCUT2D eigenvalue weighted by Gasteiger charge is -2.37. The van der Waals surface area contributed by atoms with Gasteiger partial charge in [0.2, 0.25) is 0 Å². The van der Waals surface area contributed by atoms with Crippen molar-refractivity contribution in [1.29, 1.82) is 0 Å². The van der Waals surface area contributed by atoms with Crippen molar-refractivity contribution < 1.29 is 0 Å². The topological polar surface area (TPSA) is 6.48 Å². The van der Waals surface area contributed by atoms with Crippen molar-refractivity contribution in [2.24, 2.45) is 0 Å². The standard InChI is InChI=1S/C61H42N2/c1-6-20-43(21-7-1)44-34-37-56-53-32-18-19-33-57(53)61(58(56)40-44)59-41-49(62(45-22-8-2-9-23-45)46-24-10-3-11-25-46)35-38-54(59)51-30-16-17-31-52(51)55-39-36-50(42-60(55)61)63(47-26-12-4-13-27-47)48-28-14-5-15-29-48/h1-42H. The Morgan fingerprint density at radius 3 is 1.00 bits per heavy atom. The van der Waals surface area contributed by atoms with Crippen LogP contribution >= 0.6 is 0 Å². The molecule has 0 saturated carbocycles. The fourth-order valence-electron chi connectivity index (χ4n) is 10.4. The van der Waals surface area contributed by atoms with Gasteiger partial charge in [-0.2, -0.15) is 0 Å². The normalized spacial score (nSPS) is 12.6. The average molecular weight is 803 g/mol. The number of rotatable bonds is 7. The average Bonchev–Trinajstić information content (AvgIpc) is 3.60. The van der Waals surface area contributed by atoms with Crippen molar-refractivity contribution >= 4 is 34.1 Å². The maximum Gasteiger partial charge on any atom is 0.0727 e. The van der Waals surface area contributed by atoms with Gasteiger partial charge in [-0.25, -0.2) is 0 Å². The van der Waals surface area contributed by atoms with E-state index >= 15 is 0 Å². The van der Waals surface area contributed by atoms with Gasteiger partial charge in [-0.1, -0.05) is 176 Å². The van der Waals surface area contributed by atoms with Gasteiger partial charge in [0.25, 0.3) is 0 Å². The van der Waals surface area contributed by atoms with Crippen LogP contribution in [0.15, 0.2) is 255 Å². The van der Waals surface area contributed by atoms with Gasteiger partial charge in [-0.15, -0.1) is 0 Å². The summed E-state index contributed by atoms with van der Waals surface area (Å²) in [7, 11) is 0. The predicted octanol–water partition coefficient (Wildman–Crippen LogP) is 16.3. The van der Waals surface area contributed by atoms with Gasteiger partial charge in [0.1, 0.15) is 0 Å². The molecule has 0 N–H and O–H groups in total. The molecule has 0 atom stereocenters. The first-order valence-corrected chi connectivity index (χ1v) is 21.8. The Morgan fingerprint density at radius 2 is 0.540 bits per heavy atom. The third-order valence-electron chi connectivity index (χ3n) is 13.0. The quantitative estimate of drug-likeness (QED) is 0.158. The minimum Gasteiger partial charge on any atom is -0.310 e. The van der Waals surface area contributed by atoms with Gasteiger partial charge in [-0.3, -0.25) is 0 Å². The lowest BCUT2D eigenvalue weighted by molar-refractivity contribution is 0.775. The molecule has 0 saturated heterocycles. The molecule has 0 fully saturated rings. The maximum atomic E-state index is 2.50. The van der Waals surface area contributed by atoms with Crippen LogP contribution in [-0.2, 0) is 5.41 Å². The van der Waals surface area contributed by atoms with E-state index in [9.17, 15) is 0 Å². The number of benzene rings is 10. The number of hydrogen-bond acceptors (Lipinski definition) is 2. The van der Waals surface area contributed by atoms with E-state index < -0.39 is 5.41 Å². The van der Waals surface area contributed by atoms with E-state index in [0.29, 0.717) is 0 Å². The number of hydrogen-bond donors (Lipinski definition) is 0. The molecule has 63 heavy (non-hydrogen) atoms. The van der Waals surface area contributed by atoms with Crippen LogP contribution in [0, 0.1) is 0 Å². The van der Waals surface area contributed by atoms with E-state index in [4.69, 9.17) is 0 Å². The van der Waals surface area contributed by atoms with Crippen LogP contribution in [0.5, 0.6) is 0 Å². The van der Waals surface area contributed by atoms with Crippen LogP contribution in [0.25, 0.3) is 44.5 Å². The van der Waals surface area contributed by atoms with E-state index in [1.807, 2.05) is 0 Å². The highest BCUT2D eigenvalue weighted by Crippen LogP contribution is 2.63. The van der Waals surface area contributed by atoms with Crippen molar-refractivity contribution in [3.8, 4) is 44.5 Å². The molecule has 2 aliphatic rings. The summed E-state index contributed by atoms with van der Waals surface area (Å²) in [5.41, 5.74) is 20.8. The van der Waals surface area contributed by atoms with Gasteiger partial charge < -0.3 is 9.80 Å². The summed E-state index contributed by atoms with van der Waals surface area (Å²) in [4.78, 5) is 4.80. The Hall–Kier alpha value is -8.20. The second kappa shape index (κ2) is 15.1. The Balaban J connectivity index is 1.24. The summed E-state index contributed by atoms with van der Waals surface area (Å²) in [6.45, 7) is 0. The van der Waals surface area contributed by atoms with Crippen LogP contribution in [0.1, 0.15) is 22.3 Å². The Morgan fingerprint density at radius 1 is 0.206 bits per heavy atom. The minimum absolute atomic E-state index is 0.732. The van der Waals surface area contributed by atoms with Gasteiger partial charge in [-0.05, 0) is 146 Å². The molecule has 0 heterocycles. The summed E-state index contributed by atoms with van der Waals surface area (Å²) in [6.07, 6.45) is 0. The smallest absolute Gasteiger partial charge is 0.0727 e. The summed E-state index contributed by atoms with van der Waals surface area (Å²) in [5.74, 6) is 0. The van der Waals surface area contributed by atoms with E-state index in [2.05, 4.69) is 265 Å². The fourth-order valence-corrected chi connectivity index (χ4v) is 10.4. The largest absolute Gasteiger partial charge is 0.310 e. The molecule has 2 aliphatic carbocycles. The van der Waals surface area contributed by atoms with Crippen molar-refractivity contribution in [1.82, 2.24) is 0 Å². The molecule has 10 aromatic carbocycles. The molecular formula is C61H42N2. The monoisotopic (exact) mass is 802 g/mol. The fraction of sp³-hybridized carbons (Fsp3) is 0.0164. The van der Waals surface area contributed by atoms with Crippen LogP contribution < -0.4 is 9.80 Å². The van der Waals surface area contributed by atoms with Crippen molar-refractivity contribution in [3.05, 3.63) is 277 Å². The van der Waals surface area contributed by atoms with Crippen LogP contribution in [0.2, 0.25) is 0 Å². The Bertz CT molecular complexity index is 3040. The number of nitrogens with zero attached hydrogens (tertiary/aromatic N) is 2. The molecule has 0 unspecified atom stereocenters. The molecule has 1 spiro atoms. The summed E-state index contributed by atoms with van der Waals surface area (Å²) in [5, 5.41) is 0. The van der Waals surface area contributed by atoms with Gasteiger partial charge in [0.15, 0.2) is 0 Å². The Labute approximate surface area is 369 Å². The van der Waals surface area contributed by atoms with E-state index in [1.165, 1.54) is 66.8 Å². The molecule has 2 nitrogen and oxygen atoms in total. The molecular weight excluding hydrogens is 761 g/mol. The predicted molar refractivity (Wildman–Crippen MR) is 263 cm³/mol. The highest BCUT2D eigenvalue weighted by Gasteiger charge is 2.50. The molecule has 0 bridgehead atoms. The third-order valence-corrected chi connectivity index (χ3v) is 13.0. The van der Waals surface area contributed by atoms with Crippen LogP contribution in [0.3, 0.4) is 0 Å². The summed E-state index contributed by atoms with van der Waals surface area (Å²) >= 11 is 0. The molecule has 296 valence electrons. The van der Waals surface area contributed by atoms with E-state index in [-0.39, 0.29) is 0 Å². The minimum atomic E-state index is -0.732. The maximum absolute atomic E-state index is 2.50. The zero-order valence-corrected chi connectivity index (χ0v) is 34.6.